The van der Waals surface area contributed by atoms with Gasteiger partial charge in [0.1, 0.15) is 0 Å². The van der Waals surface area contributed by atoms with Gasteiger partial charge in [-0.3, -0.25) is 4.79 Å². The zero-order valence-corrected chi connectivity index (χ0v) is 17.1. The van der Waals surface area contributed by atoms with Crippen molar-refractivity contribution in [2.45, 2.75) is 30.4 Å². The third-order valence-electron chi connectivity index (χ3n) is 4.32. The van der Waals surface area contributed by atoms with E-state index in [1.807, 2.05) is 0 Å². The fourth-order valence-corrected chi connectivity index (χ4v) is 4.05. The van der Waals surface area contributed by atoms with Crippen LogP contribution >= 0.6 is 15.9 Å². The highest BCUT2D eigenvalue weighted by Crippen LogP contribution is 2.15. The summed E-state index contributed by atoms with van der Waals surface area (Å²) in [6.07, 6.45) is 2.10. The van der Waals surface area contributed by atoms with E-state index in [9.17, 15) is 13.2 Å². The predicted octanol–water partition coefficient (Wildman–Crippen LogP) is 2.84. The molecule has 0 saturated carbocycles. The molecule has 2 aromatic rings. The van der Waals surface area contributed by atoms with Crippen LogP contribution in [0.15, 0.2) is 57.9 Å². The molecule has 0 aromatic heterocycles. The summed E-state index contributed by atoms with van der Waals surface area (Å²) in [6, 6.07) is 13.3. The van der Waals surface area contributed by atoms with Gasteiger partial charge in [-0.1, -0.05) is 28.1 Å². The van der Waals surface area contributed by atoms with Gasteiger partial charge in [0.2, 0.25) is 10.0 Å². The van der Waals surface area contributed by atoms with Gasteiger partial charge in [0.15, 0.2) is 0 Å². The van der Waals surface area contributed by atoms with Crippen molar-refractivity contribution >= 4 is 31.9 Å². The minimum Gasteiger partial charge on any atom is -0.376 e. The number of hydrogen-bond acceptors (Lipinski definition) is 4. The van der Waals surface area contributed by atoms with Gasteiger partial charge in [0, 0.05) is 29.7 Å². The van der Waals surface area contributed by atoms with Gasteiger partial charge in [0.25, 0.3) is 5.91 Å². The van der Waals surface area contributed by atoms with Gasteiger partial charge in [-0.2, -0.15) is 0 Å². The van der Waals surface area contributed by atoms with Crippen molar-refractivity contribution in [2.75, 3.05) is 13.2 Å². The van der Waals surface area contributed by atoms with Crippen molar-refractivity contribution in [3.05, 3.63) is 64.1 Å². The van der Waals surface area contributed by atoms with Gasteiger partial charge in [-0.05, 0) is 54.8 Å². The second-order valence-electron chi connectivity index (χ2n) is 6.32. The van der Waals surface area contributed by atoms with Crippen LogP contribution in [0.25, 0.3) is 0 Å². The quantitative estimate of drug-likeness (QED) is 0.676. The highest BCUT2D eigenvalue weighted by atomic mass is 79.9. The van der Waals surface area contributed by atoms with Gasteiger partial charge in [-0.25, -0.2) is 13.1 Å². The summed E-state index contributed by atoms with van der Waals surface area (Å²) in [4.78, 5) is 12.4. The number of hydrogen-bond donors (Lipinski definition) is 2. The van der Waals surface area contributed by atoms with Crippen molar-refractivity contribution in [3.63, 3.8) is 0 Å². The maximum absolute atomic E-state index is 12.3. The summed E-state index contributed by atoms with van der Waals surface area (Å²) >= 11 is 3.28. The van der Waals surface area contributed by atoms with E-state index in [1.165, 1.54) is 12.1 Å². The number of nitrogens with one attached hydrogen (secondary N) is 2. The van der Waals surface area contributed by atoms with Crippen molar-refractivity contribution in [1.82, 2.24) is 10.0 Å². The lowest BCUT2D eigenvalue weighted by atomic mass is 10.1. The first kappa shape index (κ1) is 20.0. The summed E-state index contributed by atoms with van der Waals surface area (Å²) < 4.78 is 33.5. The van der Waals surface area contributed by atoms with E-state index in [1.54, 1.807) is 36.4 Å². The van der Waals surface area contributed by atoms with Crippen LogP contribution in [-0.4, -0.2) is 33.6 Å². The number of carbonyl (C=O) groups is 1. The average Bonchev–Trinajstić information content (AvgIpc) is 3.19. The van der Waals surface area contributed by atoms with E-state index >= 15 is 0 Å². The number of sulfonamides is 1. The monoisotopic (exact) mass is 452 g/mol. The number of benzene rings is 2. The van der Waals surface area contributed by atoms with E-state index in [0.29, 0.717) is 12.1 Å². The maximum atomic E-state index is 12.3. The van der Waals surface area contributed by atoms with E-state index in [4.69, 9.17) is 4.74 Å². The van der Waals surface area contributed by atoms with Crippen LogP contribution < -0.4 is 10.0 Å². The Morgan fingerprint density at radius 2 is 1.81 bits per heavy atom. The zero-order valence-electron chi connectivity index (χ0n) is 14.7. The number of rotatable bonds is 7. The SMILES string of the molecule is O=C(NC[C@@H]1CCCO1)c1ccc(CNS(=O)(=O)c2ccc(Br)cc2)cc1. The van der Waals surface area contributed by atoms with Crippen LogP contribution in [0.3, 0.4) is 0 Å². The second-order valence-corrected chi connectivity index (χ2v) is 9.00. The number of halogens is 1. The molecular formula is C19H21BrN2O4S. The molecule has 3 rings (SSSR count). The van der Waals surface area contributed by atoms with E-state index in [-0.39, 0.29) is 23.5 Å². The van der Waals surface area contributed by atoms with E-state index in [2.05, 4.69) is 26.0 Å². The van der Waals surface area contributed by atoms with Crippen molar-refractivity contribution < 1.29 is 17.9 Å². The highest BCUT2D eigenvalue weighted by Gasteiger charge is 2.17. The molecule has 1 atom stereocenters. The van der Waals surface area contributed by atoms with Gasteiger partial charge >= 0.3 is 0 Å². The number of ether oxygens (including phenoxy) is 1. The lowest BCUT2D eigenvalue weighted by molar-refractivity contribution is 0.0858. The molecule has 2 aromatic carbocycles. The number of amides is 1. The molecule has 6 nitrogen and oxygen atoms in total. The topological polar surface area (TPSA) is 84.5 Å². The molecule has 0 spiro atoms. The van der Waals surface area contributed by atoms with Gasteiger partial charge < -0.3 is 10.1 Å². The molecule has 27 heavy (non-hydrogen) atoms. The third kappa shape index (κ3) is 5.62. The minimum atomic E-state index is -3.58. The Hall–Kier alpha value is -1.74. The summed E-state index contributed by atoms with van der Waals surface area (Å²) in [5.41, 5.74) is 1.30. The van der Waals surface area contributed by atoms with Crippen molar-refractivity contribution in [2.24, 2.45) is 0 Å². The molecule has 1 saturated heterocycles. The second kappa shape index (κ2) is 8.97. The molecule has 1 aliphatic heterocycles. The standard InChI is InChI=1S/C19H21BrN2O4S/c20-16-7-9-18(10-8-16)27(24,25)22-12-14-3-5-15(6-4-14)19(23)21-13-17-2-1-11-26-17/h3-10,17,22H,1-2,11-13H2,(H,21,23)/t17-/m0/s1. The third-order valence-corrected chi connectivity index (χ3v) is 6.27. The Balaban J connectivity index is 1.54. The van der Waals surface area contributed by atoms with Gasteiger partial charge in [0.05, 0.1) is 11.0 Å². The Morgan fingerprint density at radius 3 is 2.44 bits per heavy atom. The zero-order chi connectivity index (χ0) is 19.3. The predicted molar refractivity (Wildman–Crippen MR) is 106 cm³/mol. The Bertz CT molecular complexity index is 877. The average molecular weight is 453 g/mol. The summed E-state index contributed by atoms with van der Waals surface area (Å²) in [7, 11) is -3.58. The lowest BCUT2D eigenvalue weighted by Gasteiger charge is -2.11. The lowest BCUT2D eigenvalue weighted by Crippen LogP contribution is -2.31. The first-order valence-corrected chi connectivity index (χ1v) is 11.0. The van der Waals surface area contributed by atoms with Crippen LogP contribution in [0.4, 0.5) is 0 Å². The highest BCUT2D eigenvalue weighted by molar-refractivity contribution is 9.10. The summed E-state index contributed by atoms with van der Waals surface area (Å²) in [5, 5.41) is 2.86. The maximum Gasteiger partial charge on any atom is 0.251 e. The fraction of sp³-hybridized carbons (Fsp3) is 0.316. The molecule has 0 radical (unpaired) electrons. The van der Waals surface area contributed by atoms with Crippen LogP contribution in [0.2, 0.25) is 0 Å². The summed E-state index contributed by atoms with van der Waals surface area (Å²) in [5.74, 6) is -0.160. The molecular weight excluding hydrogens is 432 g/mol. The molecule has 1 amide bonds. The smallest absolute Gasteiger partial charge is 0.251 e. The van der Waals surface area contributed by atoms with E-state index < -0.39 is 10.0 Å². The van der Waals surface area contributed by atoms with Crippen LogP contribution in [-0.2, 0) is 21.3 Å². The van der Waals surface area contributed by atoms with Crippen molar-refractivity contribution in [3.8, 4) is 0 Å². The minimum absolute atomic E-state index is 0.0984. The fourth-order valence-electron chi connectivity index (χ4n) is 2.76. The molecule has 1 aliphatic rings. The Labute approximate surface area is 167 Å². The molecule has 1 fully saturated rings. The summed E-state index contributed by atoms with van der Waals surface area (Å²) in [6.45, 7) is 1.41. The molecule has 144 valence electrons. The first-order valence-electron chi connectivity index (χ1n) is 8.68. The van der Waals surface area contributed by atoms with Gasteiger partial charge in [-0.15, -0.1) is 0 Å². The first-order chi connectivity index (χ1) is 12.9. The molecule has 0 aliphatic carbocycles. The molecule has 0 unspecified atom stereocenters. The molecule has 0 bridgehead atoms. The number of carbonyl (C=O) groups excluding carboxylic acids is 1. The molecule has 8 heteroatoms. The normalized spacial score (nSPS) is 17.0. The molecule has 2 N–H and O–H groups in total. The molecule has 1 heterocycles. The largest absolute Gasteiger partial charge is 0.376 e. The van der Waals surface area contributed by atoms with Crippen molar-refractivity contribution in [1.29, 1.82) is 0 Å². The van der Waals surface area contributed by atoms with Crippen LogP contribution in [0.1, 0.15) is 28.8 Å². The van der Waals surface area contributed by atoms with E-state index in [0.717, 1.165) is 29.5 Å². The van der Waals surface area contributed by atoms with Crippen LogP contribution in [0.5, 0.6) is 0 Å². The Kier molecular flexibility index (Phi) is 6.64. The Morgan fingerprint density at radius 1 is 1.11 bits per heavy atom. The van der Waals surface area contributed by atoms with Crippen LogP contribution in [0, 0.1) is 0 Å².